The van der Waals surface area contributed by atoms with Crippen molar-refractivity contribution in [2.45, 2.75) is 44.7 Å². The van der Waals surface area contributed by atoms with Crippen LogP contribution in [0.4, 0.5) is 0 Å². The van der Waals surface area contributed by atoms with Crippen LogP contribution in [0.5, 0.6) is 0 Å². The Morgan fingerprint density at radius 2 is 1.90 bits per heavy atom. The van der Waals surface area contributed by atoms with Crippen LogP contribution in [0, 0.1) is 0 Å². The van der Waals surface area contributed by atoms with Gasteiger partial charge in [0.25, 0.3) is 0 Å². The van der Waals surface area contributed by atoms with Crippen LogP contribution in [0.2, 0.25) is 0 Å². The lowest BCUT2D eigenvalue weighted by Gasteiger charge is -2.25. The Labute approximate surface area is 115 Å². The third-order valence-electron chi connectivity index (χ3n) is 3.13. The van der Waals surface area contributed by atoms with Crippen LogP contribution in [0.15, 0.2) is 0 Å². The summed E-state index contributed by atoms with van der Waals surface area (Å²) in [6, 6.07) is -1.71. The highest BCUT2D eigenvalue weighted by Crippen LogP contribution is 2.18. The van der Waals surface area contributed by atoms with E-state index in [9.17, 15) is 19.2 Å². The van der Waals surface area contributed by atoms with E-state index in [1.807, 2.05) is 0 Å². The Balaban J connectivity index is 2.52. The number of likely N-dealkylation sites (tertiary alicyclic amines) is 1. The molecule has 0 radical (unpaired) electrons. The first-order valence-electron chi connectivity index (χ1n) is 6.37. The maximum Gasteiger partial charge on any atom is 0.326 e. The van der Waals surface area contributed by atoms with Gasteiger partial charge in [0.1, 0.15) is 12.1 Å². The second kappa shape index (κ2) is 6.88. The molecule has 2 atom stereocenters. The normalized spacial score (nSPS) is 19.4. The fraction of sp³-hybridized carbons (Fsp3) is 0.667. The molecule has 1 aliphatic rings. The van der Waals surface area contributed by atoms with Crippen LogP contribution in [-0.2, 0) is 19.2 Å². The summed E-state index contributed by atoms with van der Waals surface area (Å²) in [5, 5.41) is 19.8. The van der Waals surface area contributed by atoms with Gasteiger partial charge < -0.3 is 20.4 Å². The number of carbonyl (C=O) groups excluding carboxylic acids is 2. The Bertz CT molecular complexity index is 422. The summed E-state index contributed by atoms with van der Waals surface area (Å²) in [4.78, 5) is 46.1. The van der Waals surface area contributed by atoms with Gasteiger partial charge in [0.15, 0.2) is 0 Å². The second-order valence-electron chi connectivity index (χ2n) is 4.71. The summed E-state index contributed by atoms with van der Waals surface area (Å²) in [5.74, 6) is -3.15. The van der Waals surface area contributed by atoms with Crippen molar-refractivity contribution in [3.05, 3.63) is 0 Å². The van der Waals surface area contributed by atoms with Gasteiger partial charge in [-0.2, -0.15) is 0 Å². The molecule has 8 heteroatoms. The van der Waals surface area contributed by atoms with E-state index in [1.165, 1.54) is 11.8 Å². The molecule has 2 amide bonds. The Kier molecular flexibility index (Phi) is 5.48. The lowest BCUT2D eigenvalue weighted by Crippen LogP contribution is -2.50. The second-order valence-corrected chi connectivity index (χ2v) is 4.71. The maximum atomic E-state index is 12.1. The molecule has 1 rings (SSSR count). The number of hydrogen-bond donors (Lipinski definition) is 3. The highest BCUT2D eigenvalue weighted by Gasteiger charge is 2.36. The number of carbonyl (C=O) groups is 4. The third kappa shape index (κ3) is 4.22. The Hall–Kier alpha value is -2.12. The molecule has 0 spiro atoms. The minimum Gasteiger partial charge on any atom is -0.481 e. The fourth-order valence-corrected chi connectivity index (χ4v) is 2.13. The average Bonchev–Trinajstić information content (AvgIpc) is 2.84. The number of aliphatic carboxylic acids is 2. The van der Waals surface area contributed by atoms with Crippen molar-refractivity contribution in [1.82, 2.24) is 10.2 Å². The molecule has 1 aliphatic heterocycles. The van der Waals surface area contributed by atoms with Gasteiger partial charge in [-0.3, -0.25) is 14.4 Å². The van der Waals surface area contributed by atoms with Crippen LogP contribution < -0.4 is 5.32 Å². The van der Waals surface area contributed by atoms with Gasteiger partial charge in [-0.15, -0.1) is 0 Å². The maximum absolute atomic E-state index is 12.1. The predicted molar refractivity (Wildman–Crippen MR) is 66.8 cm³/mol. The minimum absolute atomic E-state index is 0.213. The number of amides is 2. The number of nitrogens with zero attached hydrogens (tertiary/aromatic N) is 1. The Morgan fingerprint density at radius 3 is 2.45 bits per heavy atom. The van der Waals surface area contributed by atoms with Gasteiger partial charge >= 0.3 is 11.9 Å². The van der Waals surface area contributed by atoms with Crippen LogP contribution in [0.25, 0.3) is 0 Å². The van der Waals surface area contributed by atoms with Crippen molar-refractivity contribution >= 4 is 23.8 Å². The highest BCUT2D eigenvalue weighted by molar-refractivity contribution is 5.91. The topological polar surface area (TPSA) is 124 Å². The van der Waals surface area contributed by atoms with E-state index in [4.69, 9.17) is 10.2 Å². The molecule has 0 aromatic rings. The lowest BCUT2D eigenvalue weighted by molar-refractivity contribution is -0.149. The first-order valence-corrected chi connectivity index (χ1v) is 6.37. The summed E-state index contributed by atoms with van der Waals surface area (Å²) in [6.45, 7) is 1.81. The molecule has 1 fully saturated rings. The first kappa shape index (κ1) is 15.9. The summed E-state index contributed by atoms with van der Waals surface area (Å²) >= 11 is 0. The monoisotopic (exact) mass is 286 g/mol. The molecule has 1 heterocycles. The summed E-state index contributed by atoms with van der Waals surface area (Å²) in [6.07, 6.45) is 0.493. The van der Waals surface area contributed by atoms with Crippen LogP contribution in [0.3, 0.4) is 0 Å². The Morgan fingerprint density at radius 1 is 1.25 bits per heavy atom. The van der Waals surface area contributed by atoms with E-state index in [2.05, 4.69) is 5.32 Å². The van der Waals surface area contributed by atoms with E-state index in [1.54, 1.807) is 0 Å². The van der Waals surface area contributed by atoms with E-state index in [-0.39, 0.29) is 12.8 Å². The van der Waals surface area contributed by atoms with Gasteiger partial charge in [-0.25, -0.2) is 4.79 Å². The molecule has 0 saturated carbocycles. The van der Waals surface area contributed by atoms with Crippen molar-refractivity contribution in [2.24, 2.45) is 0 Å². The molecule has 0 unspecified atom stereocenters. The van der Waals surface area contributed by atoms with E-state index >= 15 is 0 Å². The number of carboxylic acids is 2. The van der Waals surface area contributed by atoms with Crippen molar-refractivity contribution in [3.63, 3.8) is 0 Å². The SMILES string of the molecule is C[C@H](NC(=O)CCC(=O)O)C(=O)N1CCC[C@H]1C(=O)O. The molecule has 112 valence electrons. The van der Waals surface area contributed by atoms with Gasteiger partial charge in [-0.1, -0.05) is 0 Å². The van der Waals surface area contributed by atoms with Gasteiger partial charge in [0, 0.05) is 13.0 Å². The molecule has 0 aromatic heterocycles. The fourth-order valence-electron chi connectivity index (χ4n) is 2.13. The molecule has 0 aliphatic carbocycles. The van der Waals surface area contributed by atoms with E-state index in [0.29, 0.717) is 19.4 Å². The van der Waals surface area contributed by atoms with Crippen LogP contribution in [0.1, 0.15) is 32.6 Å². The first-order chi connectivity index (χ1) is 9.32. The minimum atomic E-state index is -1.09. The zero-order chi connectivity index (χ0) is 15.3. The molecular formula is C12H18N2O6. The summed E-state index contributed by atoms with van der Waals surface area (Å²) in [7, 11) is 0. The number of nitrogens with one attached hydrogen (secondary N) is 1. The summed E-state index contributed by atoms with van der Waals surface area (Å²) < 4.78 is 0. The zero-order valence-electron chi connectivity index (χ0n) is 11.2. The highest BCUT2D eigenvalue weighted by atomic mass is 16.4. The molecule has 20 heavy (non-hydrogen) atoms. The third-order valence-corrected chi connectivity index (χ3v) is 3.13. The number of carboxylic acid groups (broad SMARTS) is 2. The van der Waals surface area contributed by atoms with Crippen molar-refractivity contribution in [1.29, 1.82) is 0 Å². The molecule has 3 N–H and O–H groups in total. The average molecular weight is 286 g/mol. The van der Waals surface area contributed by atoms with Gasteiger partial charge in [0.05, 0.1) is 6.42 Å². The van der Waals surface area contributed by atoms with Crippen molar-refractivity contribution < 1.29 is 29.4 Å². The number of rotatable bonds is 6. The molecule has 0 bridgehead atoms. The molecular weight excluding hydrogens is 268 g/mol. The summed E-state index contributed by atoms with van der Waals surface area (Å²) in [5.41, 5.74) is 0. The molecule has 1 saturated heterocycles. The van der Waals surface area contributed by atoms with Gasteiger partial charge in [-0.05, 0) is 19.8 Å². The van der Waals surface area contributed by atoms with Crippen molar-refractivity contribution in [2.75, 3.05) is 6.54 Å². The number of hydrogen-bond acceptors (Lipinski definition) is 4. The predicted octanol–water partition coefficient (Wildman–Crippen LogP) is -0.568. The molecule has 0 aromatic carbocycles. The lowest BCUT2D eigenvalue weighted by atomic mass is 10.2. The quantitative estimate of drug-likeness (QED) is 0.600. The zero-order valence-corrected chi connectivity index (χ0v) is 11.2. The van der Waals surface area contributed by atoms with Crippen LogP contribution in [-0.4, -0.2) is 57.5 Å². The van der Waals surface area contributed by atoms with E-state index < -0.39 is 35.8 Å². The van der Waals surface area contributed by atoms with Crippen molar-refractivity contribution in [3.8, 4) is 0 Å². The van der Waals surface area contributed by atoms with Gasteiger partial charge in [0.2, 0.25) is 11.8 Å². The van der Waals surface area contributed by atoms with Crippen LogP contribution >= 0.6 is 0 Å². The standard InChI is InChI=1S/C12H18N2O6/c1-7(13-9(15)4-5-10(16)17)11(18)14-6-2-3-8(14)12(19)20/h7-8H,2-6H2,1H3,(H,13,15)(H,16,17)(H,19,20)/t7-,8-/m0/s1. The molecule has 8 nitrogen and oxygen atoms in total. The smallest absolute Gasteiger partial charge is 0.326 e. The largest absolute Gasteiger partial charge is 0.481 e. The van der Waals surface area contributed by atoms with E-state index in [0.717, 1.165) is 0 Å².